The Balaban J connectivity index is 2.98. The Hall–Kier alpha value is -0.710. The van der Waals surface area contributed by atoms with Gasteiger partial charge in [-0.3, -0.25) is 4.79 Å². The minimum Gasteiger partial charge on any atom is -0.393 e. The molecular weight excluding hydrogens is 220 g/mol. The maximum atomic E-state index is 11.5. The van der Waals surface area contributed by atoms with Crippen molar-refractivity contribution in [3.63, 3.8) is 0 Å². The second-order valence-corrected chi connectivity index (χ2v) is 5.64. The van der Waals surface area contributed by atoms with E-state index in [1.54, 1.807) is 0 Å². The number of hydrogen-bond donors (Lipinski definition) is 3. The summed E-state index contributed by atoms with van der Waals surface area (Å²) in [6.07, 6.45) is 2.63. The van der Waals surface area contributed by atoms with Crippen molar-refractivity contribution in [3.8, 4) is 0 Å². The quantitative estimate of drug-likeness (QED) is 0.635. The normalized spacial score (nSPS) is 35.2. The molecule has 1 fully saturated rings. The maximum Gasteiger partial charge on any atom is 0.133 e. The zero-order chi connectivity index (χ0) is 13.3. The van der Waals surface area contributed by atoms with Crippen LogP contribution >= 0.6 is 0 Å². The second kappa shape index (κ2) is 4.88. The van der Waals surface area contributed by atoms with Crippen molar-refractivity contribution >= 4 is 5.78 Å². The molecule has 0 aliphatic heterocycles. The number of carbonyl (C=O) groups is 1. The third-order valence-electron chi connectivity index (χ3n) is 3.77. The van der Waals surface area contributed by atoms with Gasteiger partial charge in [0, 0.05) is 18.3 Å². The summed E-state index contributed by atoms with van der Waals surface area (Å²) in [6, 6.07) is 0. The number of aliphatic hydroxyl groups is 3. The van der Waals surface area contributed by atoms with E-state index in [1.165, 1.54) is 12.2 Å². The first-order chi connectivity index (χ1) is 7.73. The summed E-state index contributed by atoms with van der Waals surface area (Å²) >= 11 is 0. The second-order valence-electron chi connectivity index (χ2n) is 5.64. The highest BCUT2D eigenvalue weighted by Gasteiger charge is 2.50. The van der Waals surface area contributed by atoms with E-state index in [9.17, 15) is 15.0 Å². The van der Waals surface area contributed by atoms with Gasteiger partial charge >= 0.3 is 0 Å². The summed E-state index contributed by atoms with van der Waals surface area (Å²) in [4.78, 5) is 11.5. The third-order valence-corrected chi connectivity index (χ3v) is 3.77. The fourth-order valence-electron chi connectivity index (χ4n) is 2.58. The summed E-state index contributed by atoms with van der Waals surface area (Å²) in [5.74, 6) is -0.0378. The van der Waals surface area contributed by atoms with E-state index in [-0.39, 0.29) is 18.3 Å². The van der Waals surface area contributed by atoms with Crippen LogP contribution in [0.15, 0.2) is 12.2 Å². The highest BCUT2D eigenvalue weighted by molar-refractivity contribution is 5.81. The monoisotopic (exact) mass is 242 g/mol. The first-order valence-corrected chi connectivity index (χ1v) is 5.95. The van der Waals surface area contributed by atoms with E-state index in [2.05, 4.69) is 0 Å². The smallest absolute Gasteiger partial charge is 0.133 e. The Labute approximate surface area is 102 Å². The van der Waals surface area contributed by atoms with Crippen LogP contribution in [0.25, 0.3) is 0 Å². The standard InChI is InChI=1S/C13H22O4/c1-9-6-11(16)7-12(2,3)13(9,17)5-4-10(15)8-14/h4-5,9-10,14-15,17H,6-8H2,1-3H3/b5-4+/t9-,10+,13-/m1/s1. The zero-order valence-electron chi connectivity index (χ0n) is 10.7. The Morgan fingerprint density at radius 2 is 2.12 bits per heavy atom. The molecule has 0 radical (unpaired) electrons. The molecule has 0 aromatic carbocycles. The molecule has 4 heteroatoms. The highest BCUT2D eigenvalue weighted by atomic mass is 16.3. The number of hydrogen-bond acceptors (Lipinski definition) is 4. The summed E-state index contributed by atoms with van der Waals surface area (Å²) in [6.45, 7) is 5.14. The van der Waals surface area contributed by atoms with Gasteiger partial charge in [-0.05, 0) is 5.92 Å². The van der Waals surface area contributed by atoms with E-state index in [1.807, 2.05) is 20.8 Å². The molecule has 1 aliphatic rings. The lowest BCUT2D eigenvalue weighted by Crippen LogP contribution is -2.53. The van der Waals surface area contributed by atoms with Crippen LogP contribution in [0.1, 0.15) is 33.6 Å². The van der Waals surface area contributed by atoms with Gasteiger partial charge in [0.1, 0.15) is 5.78 Å². The van der Waals surface area contributed by atoms with E-state index in [4.69, 9.17) is 5.11 Å². The van der Waals surface area contributed by atoms with Crippen LogP contribution in [-0.4, -0.2) is 39.4 Å². The average molecular weight is 242 g/mol. The minimum absolute atomic E-state index is 0.156. The van der Waals surface area contributed by atoms with Gasteiger partial charge in [0.05, 0.1) is 18.3 Å². The molecule has 1 rings (SSSR count). The summed E-state index contributed by atoms with van der Waals surface area (Å²) in [5, 5.41) is 28.7. The third kappa shape index (κ3) is 2.76. The van der Waals surface area contributed by atoms with E-state index < -0.39 is 17.1 Å². The molecule has 0 bridgehead atoms. The van der Waals surface area contributed by atoms with Gasteiger partial charge in [-0.25, -0.2) is 0 Å². The van der Waals surface area contributed by atoms with Crippen molar-refractivity contribution in [2.24, 2.45) is 11.3 Å². The van der Waals surface area contributed by atoms with Crippen LogP contribution in [0.5, 0.6) is 0 Å². The van der Waals surface area contributed by atoms with E-state index >= 15 is 0 Å². The first-order valence-electron chi connectivity index (χ1n) is 5.95. The van der Waals surface area contributed by atoms with Gasteiger partial charge in [-0.1, -0.05) is 32.9 Å². The molecule has 1 saturated carbocycles. The molecule has 4 nitrogen and oxygen atoms in total. The predicted octanol–water partition coefficient (Wildman–Crippen LogP) is 0.652. The molecule has 17 heavy (non-hydrogen) atoms. The largest absolute Gasteiger partial charge is 0.393 e. The molecule has 3 atom stereocenters. The van der Waals surface area contributed by atoms with Gasteiger partial charge in [-0.2, -0.15) is 0 Å². The number of rotatable bonds is 3. The molecule has 0 unspecified atom stereocenters. The molecule has 1 aliphatic carbocycles. The summed E-state index contributed by atoms with van der Waals surface area (Å²) < 4.78 is 0. The van der Waals surface area contributed by atoms with Gasteiger partial charge in [0.15, 0.2) is 0 Å². The van der Waals surface area contributed by atoms with Crippen LogP contribution in [0.4, 0.5) is 0 Å². The predicted molar refractivity (Wildman–Crippen MR) is 64.4 cm³/mol. The fourth-order valence-corrected chi connectivity index (χ4v) is 2.58. The Bertz CT molecular complexity index is 321. The molecule has 0 aromatic rings. The Morgan fingerprint density at radius 1 is 1.53 bits per heavy atom. The summed E-state index contributed by atoms with van der Waals surface area (Å²) in [5.41, 5.74) is -1.69. The van der Waals surface area contributed by atoms with Crippen LogP contribution < -0.4 is 0 Å². The zero-order valence-corrected chi connectivity index (χ0v) is 10.7. The van der Waals surface area contributed by atoms with Gasteiger partial charge < -0.3 is 15.3 Å². The number of carbonyl (C=O) groups excluding carboxylic acids is 1. The Morgan fingerprint density at radius 3 is 2.59 bits per heavy atom. The van der Waals surface area contributed by atoms with Crippen LogP contribution in [0.2, 0.25) is 0 Å². The molecule has 0 spiro atoms. The SMILES string of the molecule is C[C@@H]1CC(=O)CC(C)(C)[C@@]1(O)/C=C/[C@H](O)CO. The van der Waals surface area contributed by atoms with Gasteiger partial charge in [0.2, 0.25) is 0 Å². The van der Waals surface area contributed by atoms with Gasteiger partial charge in [0.25, 0.3) is 0 Å². The molecule has 98 valence electrons. The fraction of sp³-hybridized carbons (Fsp3) is 0.769. The van der Waals surface area contributed by atoms with Gasteiger partial charge in [-0.15, -0.1) is 0 Å². The molecule has 0 heterocycles. The molecular formula is C13H22O4. The number of ketones is 1. The average Bonchev–Trinajstić information content (AvgIpc) is 2.22. The van der Waals surface area contributed by atoms with Crippen molar-refractivity contribution in [1.82, 2.24) is 0 Å². The Kier molecular flexibility index (Phi) is 4.12. The lowest BCUT2D eigenvalue weighted by atomic mass is 9.60. The van der Waals surface area contributed by atoms with Crippen LogP contribution in [0, 0.1) is 11.3 Å². The van der Waals surface area contributed by atoms with Crippen molar-refractivity contribution in [3.05, 3.63) is 12.2 Å². The van der Waals surface area contributed by atoms with Crippen molar-refractivity contribution in [2.75, 3.05) is 6.61 Å². The highest BCUT2D eigenvalue weighted by Crippen LogP contribution is 2.46. The molecule has 0 aromatic heterocycles. The van der Waals surface area contributed by atoms with Crippen molar-refractivity contribution in [1.29, 1.82) is 0 Å². The molecule has 3 N–H and O–H groups in total. The maximum absolute atomic E-state index is 11.5. The van der Waals surface area contributed by atoms with Crippen LogP contribution in [-0.2, 0) is 4.79 Å². The van der Waals surface area contributed by atoms with Crippen LogP contribution in [0.3, 0.4) is 0 Å². The van der Waals surface area contributed by atoms with Crippen molar-refractivity contribution in [2.45, 2.75) is 45.3 Å². The molecule has 0 amide bonds. The lowest BCUT2D eigenvalue weighted by Gasteiger charge is -2.48. The van der Waals surface area contributed by atoms with E-state index in [0.717, 1.165) is 0 Å². The number of Topliss-reactive ketones (excluding diaryl/α,β-unsaturated/α-hetero) is 1. The first kappa shape index (κ1) is 14.4. The van der Waals surface area contributed by atoms with Crippen molar-refractivity contribution < 1.29 is 20.1 Å². The van der Waals surface area contributed by atoms with E-state index in [0.29, 0.717) is 12.8 Å². The molecule has 0 saturated heterocycles. The minimum atomic E-state index is -1.13. The lowest BCUT2D eigenvalue weighted by molar-refractivity contribution is -0.142. The summed E-state index contributed by atoms with van der Waals surface area (Å²) in [7, 11) is 0. The number of aliphatic hydroxyl groups excluding tert-OH is 2. The topological polar surface area (TPSA) is 77.8 Å².